The molecule has 4 aromatic rings. The SMILES string of the molecule is NC1=NC2(CO1)c1cc(-c3cccnc3)ccc1Oc1ncc(-c3cccnc3)cc12. The fourth-order valence-corrected chi connectivity index (χ4v) is 4.13. The molecule has 1 atom stereocenters. The number of hydrogen-bond acceptors (Lipinski definition) is 7. The van der Waals surface area contributed by atoms with Crippen molar-refractivity contribution in [3.05, 3.63) is 90.6 Å². The number of nitrogens with two attached hydrogens (primary N) is 1. The van der Waals surface area contributed by atoms with Gasteiger partial charge in [-0.2, -0.15) is 0 Å². The fraction of sp³-hybridized carbons (Fsp3) is 0.0833. The predicted molar refractivity (Wildman–Crippen MR) is 116 cm³/mol. The largest absolute Gasteiger partial charge is 0.462 e. The Balaban J connectivity index is 1.56. The maximum atomic E-state index is 6.17. The Hall–Kier alpha value is -4.26. The molecular formula is C24H17N5O2. The lowest BCUT2D eigenvalue weighted by atomic mass is 9.81. The maximum Gasteiger partial charge on any atom is 0.283 e. The molecule has 0 saturated heterocycles. The summed E-state index contributed by atoms with van der Waals surface area (Å²) in [5.74, 6) is 1.18. The number of rotatable bonds is 2. The first kappa shape index (κ1) is 17.6. The molecule has 0 amide bonds. The molecule has 0 bridgehead atoms. The number of benzene rings is 1. The van der Waals surface area contributed by atoms with E-state index < -0.39 is 5.54 Å². The van der Waals surface area contributed by atoms with Gasteiger partial charge in [-0.1, -0.05) is 18.2 Å². The van der Waals surface area contributed by atoms with Crippen molar-refractivity contribution in [2.24, 2.45) is 10.7 Å². The van der Waals surface area contributed by atoms with E-state index in [0.717, 1.165) is 33.4 Å². The molecule has 3 aromatic heterocycles. The van der Waals surface area contributed by atoms with Crippen LogP contribution in [-0.4, -0.2) is 27.6 Å². The minimum atomic E-state index is -0.837. The normalized spacial score (nSPS) is 18.5. The lowest BCUT2D eigenvalue weighted by Crippen LogP contribution is -2.31. The van der Waals surface area contributed by atoms with Crippen LogP contribution in [0.5, 0.6) is 11.6 Å². The van der Waals surface area contributed by atoms with E-state index in [1.807, 2.05) is 48.7 Å². The molecule has 0 aliphatic carbocycles. The van der Waals surface area contributed by atoms with Gasteiger partial charge in [-0.15, -0.1) is 0 Å². The molecule has 0 fully saturated rings. The first-order valence-corrected chi connectivity index (χ1v) is 9.85. The van der Waals surface area contributed by atoms with Crippen molar-refractivity contribution in [2.75, 3.05) is 6.61 Å². The van der Waals surface area contributed by atoms with Crippen LogP contribution in [-0.2, 0) is 10.3 Å². The first-order valence-electron chi connectivity index (χ1n) is 9.85. The lowest BCUT2D eigenvalue weighted by Gasteiger charge is -2.33. The molecule has 0 saturated carbocycles. The molecule has 1 spiro atoms. The van der Waals surface area contributed by atoms with Gasteiger partial charge in [-0.05, 0) is 35.9 Å². The monoisotopic (exact) mass is 407 g/mol. The number of hydrogen-bond donors (Lipinski definition) is 1. The third-order valence-corrected chi connectivity index (χ3v) is 5.65. The molecule has 6 rings (SSSR count). The van der Waals surface area contributed by atoms with E-state index in [9.17, 15) is 0 Å². The first-order chi connectivity index (χ1) is 15.2. The van der Waals surface area contributed by atoms with Crippen molar-refractivity contribution in [1.82, 2.24) is 15.0 Å². The third kappa shape index (κ3) is 2.74. The zero-order chi connectivity index (χ0) is 20.8. The van der Waals surface area contributed by atoms with Crippen LogP contribution in [0.1, 0.15) is 11.1 Å². The van der Waals surface area contributed by atoms with Gasteiger partial charge in [0.05, 0.1) is 5.56 Å². The van der Waals surface area contributed by atoms with E-state index in [1.54, 1.807) is 24.8 Å². The zero-order valence-electron chi connectivity index (χ0n) is 16.4. The van der Waals surface area contributed by atoms with Crippen LogP contribution in [0.25, 0.3) is 22.3 Å². The quantitative estimate of drug-likeness (QED) is 0.541. The number of nitrogens with zero attached hydrogens (tertiary/aromatic N) is 4. The minimum absolute atomic E-state index is 0.150. The van der Waals surface area contributed by atoms with Gasteiger partial charge < -0.3 is 15.2 Å². The molecule has 1 unspecified atom stereocenters. The predicted octanol–water partition coefficient (Wildman–Crippen LogP) is 3.90. The van der Waals surface area contributed by atoms with Crippen LogP contribution < -0.4 is 10.5 Å². The van der Waals surface area contributed by atoms with Gasteiger partial charge in [0, 0.05) is 53.2 Å². The molecule has 150 valence electrons. The van der Waals surface area contributed by atoms with E-state index in [4.69, 9.17) is 20.2 Å². The van der Waals surface area contributed by atoms with E-state index >= 15 is 0 Å². The minimum Gasteiger partial charge on any atom is -0.462 e. The summed E-state index contributed by atoms with van der Waals surface area (Å²) >= 11 is 0. The Bertz CT molecular complexity index is 1230. The molecular weight excluding hydrogens is 390 g/mol. The molecule has 5 heterocycles. The average molecular weight is 407 g/mol. The van der Waals surface area contributed by atoms with E-state index in [1.165, 1.54) is 0 Å². The number of pyridine rings is 3. The molecule has 2 aliphatic heterocycles. The van der Waals surface area contributed by atoms with Crippen molar-refractivity contribution in [3.8, 4) is 33.9 Å². The van der Waals surface area contributed by atoms with Gasteiger partial charge in [-0.3, -0.25) is 9.97 Å². The van der Waals surface area contributed by atoms with Crippen LogP contribution in [0.4, 0.5) is 0 Å². The average Bonchev–Trinajstić information content (AvgIpc) is 3.22. The summed E-state index contributed by atoms with van der Waals surface area (Å²) in [5.41, 5.74) is 10.7. The van der Waals surface area contributed by atoms with Gasteiger partial charge in [0.1, 0.15) is 12.4 Å². The third-order valence-electron chi connectivity index (χ3n) is 5.65. The molecule has 1 aromatic carbocycles. The van der Waals surface area contributed by atoms with Gasteiger partial charge in [0.25, 0.3) is 6.02 Å². The Morgan fingerprint density at radius 2 is 1.55 bits per heavy atom. The second-order valence-electron chi connectivity index (χ2n) is 7.47. The number of aromatic nitrogens is 3. The highest BCUT2D eigenvalue weighted by molar-refractivity contribution is 5.78. The van der Waals surface area contributed by atoms with Gasteiger partial charge >= 0.3 is 0 Å². The van der Waals surface area contributed by atoms with E-state index in [-0.39, 0.29) is 12.6 Å². The van der Waals surface area contributed by atoms with Gasteiger partial charge in [0.2, 0.25) is 5.88 Å². The molecule has 2 N–H and O–H groups in total. The Morgan fingerprint density at radius 3 is 2.23 bits per heavy atom. The summed E-state index contributed by atoms with van der Waals surface area (Å²) in [4.78, 5) is 17.8. The van der Waals surface area contributed by atoms with Crippen molar-refractivity contribution < 1.29 is 9.47 Å². The molecule has 7 heteroatoms. The molecule has 31 heavy (non-hydrogen) atoms. The standard InChI is InChI=1S/C24H17N5O2/c25-23-29-24(14-30-23)19-9-15(16-3-1-7-26-11-16)5-6-21(19)31-22-20(24)10-18(13-28-22)17-4-2-8-27-12-17/h1-13H,14H2,(H2,25,29). The summed E-state index contributed by atoms with van der Waals surface area (Å²) in [6.45, 7) is 0.275. The van der Waals surface area contributed by atoms with E-state index in [0.29, 0.717) is 11.6 Å². The fourth-order valence-electron chi connectivity index (χ4n) is 4.13. The summed E-state index contributed by atoms with van der Waals surface area (Å²) in [7, 11) is 0. The van der Waals surface area contributed by atoms with Crippen LogP contribution in [0.2, 0.25) is 0 Å². The van der Waals surface area contributed by atoms with Gasteiger partial charge in [0.15, 0.2) is 5.54 Å². The number of aliphatic imine (C=N–C) groups is 1. The lowest BCUT2D eigenvalue weighted by molar-refractivity contribution is 0.262. The summed E-state index contributed by atoms with van der Waals surface area (Å²) in [6.07, 6.45) is 8.91. The van der Waals surface area contributed by atoms with Crippen LogP contribution in [0, 0.1) is 0 Å². The molecule has 7 nitrogen and oxygen atoms in total. The number of ether oxygens (including phenoxy) is 2. The highest BCUT2D eigenvalue weighted by Crippen LogP contribution is 2.51. The van der Waals surface area contributed by atoms with Crippen molar-refractivity contribution >= 4 is 6.02 Å². The Kier molecular flexibility index (Phi) is 3.76. The summed E-state index contributed by atoms with van der Waals surface area (Å²) in [5, 5.41) is 0. The second kappa shape index (κ2) is 6.63. The van der Waals surface area contributed by atoms with Crippen molar-refractivity contribution in [3.63, 3.8) is 0 Å². The number of fused-ring (bicyclic) bond motifs is 4. The number of amidine groups is 1. The Morgan fingerprint density at radius 1 is 0.806 bits per heavy atom. The van der Waals surface area contributed by atoms with Gasteiger partial charge in [-0.25, -0.2) is 9.98 Å². The van der Waals surface area contributed by atoms with Crippen LogP contribution in [0.15, 0.2) is 84.5 Å². The second-order valence-corrected chi connectivity index (χ2v) is 7.47. The topological polar surface area (TPSA) is 95.5 Å². The highest BCUT2D eigenvalue weighted by atomic mass is 16.5. The highest BCUT2D eigenvalue weighted by Gasteiger charge is 2.47. The van der Waals surface area contributed by atoms with Crippen LogP contribution in [0.3, 0.4) is 0 Å². The summed E-state index contributed by atoms with van der Waals surface area (Å²) in [6, 6.07) is 16.0. The molecule has 2 aliphatic rings. The Labute approximate surface area is 178 Å². The van der Waals surface area contributed by atoms with E-state index in [2.05, 4.69) is 21.0 Å². The smallest absolute Gasteiger partial charge is 0.283 e. The van der Waals surface area contributed by atoms with Crippen molar-refractivity contribution in [1.29, 1.82) is 0 Å². The maximum absolute atomic E-state index is 6.17. The van der Waals surface area contributed by atoms with Crippen LogP contribution >= 0.6 is 0 Å². The molecule has 0 radical (unpaired) electrons. The summed E-state index contributed by atoms with van der Waals surface area (Å²) < 4.78 is 11.8. The zero-order valence-corrected chi connectivity index (χ0v) is 16.4. The van der Waals surface area contributed by atoms with Crippen molar-refractivity contribution in [2.45, 2.75) is 5.54 Å².